The molecule has 1 fully saturated rings. The average Bonchev–Trinajstić information content (AvgIpc) is 3.18. The summed E-state index contributed by atoms with van der Waals surface area (Å²) in [5, 5.41) is 6.16. The normalized spacial score (nSPS) is 16.6. The SMILES string of the molecule is COCCc1ccc(Oc2ccc(NC(=O)C3CCNC3)cc2)cc1. The van der Waals surface area contributed by atoms with E-state index in [0.717, 1.165) is 43.1 Å². The number of anilines is 1. The Kier molecular flexibility index (Phi) is 6.04. The lowest BCUT2D eigenvalue weighted by Crippen LogP contribution is -2.24. The first-order valence-electron chi connectivity index (χ1n) is 8.62. The molecule has 0 aromatic heterocycles. The third-order valence-corrected chi connectivity index (χ3v) is 4.31. The Balaban J connectivity index is 1.54. The van der Waals surface area contributed by atoms with Crippen molar-refractivity contribution in [2.24, 2.45) is 5.92 Å². The Morgan fingerprint density at radius 2 is 1.80 bits per heavy atom. The first kappa shape index (κ1) is 17.5. The lowest BCUT2D eigenvalue weighted by Gasteiger charge is -2.11. The van der Waals surface area contributed by atoms with Gasteiger partial charge in [0.2, 0.25) is 5.91 Å². The molecular formula is C20H24N2O3. The number of rotatable bonds is 7. The highest BCUT2D eigenvalue weighted by Gasteiger charge is 2.22. The molecule has 1 amide bonds. The third-order valence-electron chi connectivity index (χ3n) is 4.31. The minimum atomic E-state index is 0.0625. The number of nitrogens with one attached hydrogen (secondary N) is 2. The van der Waals surface area contributed by atoms with Gasteiger partial charge in [0.15, 0.2) is 0 Å². The van der Waals surface area contributed by atoms with Gasteiger partial charge in [-0.2, -0.15) is 0 Å². The van der Waals surface area contributed by atoms with Gasteiger partial charge in [-0.3, -0.25) is 4.79 Å². The monoisotopic (exact) mass is 340 g/mol. The lowest BCUT2D eigenvalue weighted by atomic mass is 10.1. The summed E-state index contributed by atoms with van der Waals surface area (Å²) in [5.41, 5.74) is 2.01. The molecule has 3 rings (SSSR count). The molecule has 25 heavy (non-hydrogen) atoms. The van der Waals surface area contributed by atoms with Gasteiger partial charge in [-0.25, -0.2) is 0 Å². The van der Waals surface area contributed by atoms with Gasteiger partial charge in [0.05, 0.1) is 12.5 Å². The summed E-state index contributed by atoms with van der Waals surface area (Å²) in [6.07, 6.45) is 1.79. The van der Waals surface area contributed by atoms with Crippen molar-refractivity contribution in [1.29, 1.82) is 0 Å². The van der Waals surface area contributed by atoms with E-state index in [1.165, 1.54) is 5.56 Å². The van der Waals surface area contributed by atoms with E-state index in [1.807, 2.05) is 48.5 Å². The summed E-state index contributed by atoms with van der Waals surface area (Å²) in [5.74, 6) is 1.66. The second-order valence-electron chi connectivity index (χ2n) is 6.19. The van der Waals surface area contributed by atoms with Gasteiger partial charge in [0, 0.05) is 19.3 Å². The number of benzene rings is 2. The largest absolute Gasteiger partial charge is 0.457 e. The maximum absolute atomic E-state index is 12.1. The number of carbonyl (C=O) groups excluding carboxylic acids is 1. The van der Waals surface area contributed by atoms with Crippen molar-refractivity contribution >= 4 is 11.6 Å². The van der Waals surface area contributed by atoms with Crippen LogP contribution in [0.3, 0.4) is 0 Å². The Labute approximate surface area is 148 Å². The fourth-order valence-corrected chi connectivity index (χ4v) is 2.81. The highest BCUT2D eigenvalue weighted by atomic mass is 16.5. The zero-order valence-corrected chi connectivity index (χ0v) is 14.5. The highest BCUT2D eigenvalue weighted by molar-refractivity contribution is 5.92. The smallest absolute Gasteiger partial charge is 0.228 e. The molecule has 0 spiro atoms. The summed E-state index contributed by atoms with van der Waals surface area (Å²) in [6, 6.07) is 15.4. The van der Waals surface area contributed by atoms with Crippen LogP contribution in [0.25, 0.3) is 0 Å². The molecule has 1 heterocycles. The predicted molar refractivity (Wildman–Crippen MR) is 98.1 cm³/mol. The fraction of sp³-hybridized carbons (Fsp3) is 0.350. The van der Waals surface area contributed by atoms with Gasteiger partial charge >= 0.3 is 0 Å². The van der Waals surface area contributed by atoms with Crippen LogP contribution in [-0.2, 0) is 16.0 Å². The zero-order chi connectivity index (χ0) is 17.5. The van der Waals surface area contributed by atoms with E-state index < -0.39 is 0 Å². The van der Waals surface area contributed by atoms with Crippen molar-refractivity contribution in [3.05, 3.63) is 54.1 Å². The van der Waals surface area contributed by atoms with Crippen LogP contribution < -0.4 is 15.4 Å². The maximum Gasteiger partial charge on any atom is 0.228 e. The molecule has 1 aliphatic heterocycles. The van der Waals surface area contributed by atoms with Crippen LogP contribution in [0.4, 0.5) is 5.69 Å². The maximum atomic E-state index is 12.1. The van der Waals surface area contributed by atoms with Crippen LogP contribution in [0.2, 0.25) is 0 Å². The quantitative estimate of drug-likeness (QED) is 0.812. The predicted octanol–water partition coefficient (Wildman–Crippen LogP) is 3.22. The average molecular weight is 340 g/mol. The number of ether oxygens (including phenoxy) is 2. The van der Waals surface area contributed by atoms with Crippen molar-refractivity contribution < 1.29 is 14.3 Å². The van der Waals surface area contributed by atoms with Crippen molar-refractivity contribution in [3.8, 4) is 11.5 Å². The Morgan fingerprint density at radius 1 is 1.12 bits per heavy atom. The molecule has 1 atom stereocenters. The van der Waals surface area contributed by atoms with Crippen molar-refractivity contribution in [1.82, 2.24) is 5.32 Å². The topological polar surface area (TPSA) is 59.6 Å². The molecule has 2 N–H and O–H groups in total. The minimum absolute atomic E-state index is 0.0625. The summed E-state index contributed by atoms with van der Waals surface area (Å²) in [6.45, 7) is 2.38. The van der Waals surface area contributed by atoms with Crippen molar-refractivity contribution in [2.75, 3.05) is 32.1 Å². The third kappa shape index (κ3) is 5.05. The van der Waals surface area contributed by atoms with E-state index in [2.05, 4.69) is 10.6 Å². The van der Waals surface area contributed by atoms with E-state index in [-0.39, 0.29) is 11.8 Å². The Hall–Kier alpha value is -2.37. The molecule has 0 saturated carbocycles. The van der Waals surface area contributed by atoms with E-state index in [1.54, 1.807) is 7.11 Å². The van der Waals surface area contributed by atoms with E-state index in [0.29, 0.717) is 6.61 Å². The van der Waals surface area contributed by atoms with Gasteiger partial charge in [0.25, 0.3) is 0 Å². The standard InChI is InChI=1S/C20H24N2O3/c1-24-13-11-15-2-6-18(7-3-15)25-19-8-4-17(5-9-19)22-20(23)16-10-12-21-14-16/h2-9,16,21H,10-14H2,1H3,(H,22,23). The van der Waals surface area contributed by atoms with Gasteiger partial charge in [-0.05, 0) is 61.3 Å². The van der Waals surface area contributed by atoms with Gasteiger partial charge < -0.3 is 20.1 Å². The molecule has 1 aliphatic rings. The highest BCUT2D eigenvalue weighted by Crippen LogP contribution is 2.24. The van der Waals surface area contributed by atoms with E-state index in [4.69, 9.17) is 9.47 Å². The molecule has 2 aromatic rings. The summed E-state index contributed by atoms with van der Waals surface area (Å²) in [7, 11) is 1.70. The summed E-state index contributed by atoms with van der Waals surface area (Å²) in [4.78, 5) is 12.1. The molecule has 1 unspecified atom stereocenters. The Morgan fingerprint density at radius 3 is 2.40 bits per heavy atom. The van der Waals surface area contributed by atoms with Gasteiger partial charge in [0.1, 0.15) is 11.5 Å². The molecule has 0 bridgehead atoms. The lowest BCUT2D eigenvalue weighted by molar-refractivity contribution is -0.119. The summed E-state index contributed by atoms with van der Waals surface area (Å²) < 4.78 is 10.9. The van der Waals surface area contributed by atoms with Crippen LogP contribution in [0, 0.1) is 5.92 Å². The molecule has 5 nitrogen and oxygen atoms in total. The van der Waals surface area contributed by atoms with Crippen molar-refractivity contribution in [3.63, 3.8) is 0 Å². The first-order valence-corrected chi connectivity index (χ1v) is 8.62. The van der Waals surface area contributed by atoms with E-state index in [9.17, 15) is 4.79 Å². The van der Waals surface area contributed by atoms with Gasteiger partial charge in [-0.15, -0.1) is 0 Å². The van der Waals surface area contributed by atoms with Gasteiger partial charge in [-0.1, -0.05) is 12.1 Å². The molecular weight excluding hydrogens is 316 g/mol. The van der Waals surface area contributed by atoms with E-state index >= 15 is 0 Å². The molecule has 5 heteroatoms. The van der Waals surface area contributed by atoms with Crippen LogP contribution >= 0.6 is 0 Å². The fourth-order valence-electron chi connectivity index (χ4n) is 2.81. The number of methoxy groups -OCH3 is 1. The van der Waals surface area contributed by atoms with Crippen LogP contribution in [0.1, 0.15) is 12.0 Å². The second kappa shape index (κ2) is 8.65. The van der Waals surface area contributed by atoms with Crippen LogP contribution in [-0.4, -0.2) is 32.7 Å². The number of hydrogen-bond acceptors (Lipinski definition) is 4. The Bertz CT molecular complexity index is 677. The number of amides is 1. The zero-order valence-electron chi connectivity index (χ0n) is 14.5. The number of hydrogen-bond donors (Lipinski definition) is 2. The molecule has 2 aromatic carbocycles. The second-order valence-corrected chi connectivity index (χ2v) is 6.19. The number of carbonyl (C=O) groups is 1. The molecule has 1 saturated heterocycles. The molecule has 0 radical (unpaired) electrons. The van der Waals surface area contributed by atoms with Crippen molar-refractivity contribution in [2.45, 2.75) is 12.8 Å². The van der Waals surface area contributed by atoms with Crippen LogP contribution in [0.15, 0.2) is 48.5 Å². The first-order chi connectivity index (χ1) is 12.2. The summed E-state index contributed by atoms with van der Waals surface area (Å²) >= 11 is 0. The minimum Gasteiger partial charge on any atom is -0.457 e. The van der Waals surface area contributed by atoms with Crippen LogP contribution in [0.5, 0.6) is 11.5 Å². The molecule has 0 aliphatic carbocycles. The molecule has 132 valence electrons.